The highest BCUT2D eigenvalue weighted by atomic mass is 16.7. The lowest BCUT2D eigenvalue weighted by Crippen LogP contribution is -2.61. The van der Waals surface area contributed by atoms with Gasteiger partial charge in [0.25, 0.3) is 0 Å². The molecular formula is C30H38O15. The van der Waals surface area contributed by atoms with E-state index in [0.29, 0.717) is 18.4 Å². The van der Waals surface area contributed by atoms with Crippen LogP contribution in [0.3, 0.4) is 0 Å². The molecule has 0 amide bonds. The number of ether oxygens (including phenoxy) is 4. The SMILES string of the molecule is CC(Cc1ccc(O)c(OC2OC(C(=O)O)CC(O)C2O)c1)C(C)Cc1ccc(O)c(OC2OC(C(=O)O)C(O)C(O)C2O)c1. The quantitative estimate of drug-likeness (QED) is 0.154. The lowest BCUT2D eigenvalue weighted by atomic mass is 9.85. The van der Waals surface area contributed by atoms with E-state index in [0.717, 1.165) is 5.56 Å². The molecule has 2 aliphatic heterocycles. The van der Waals surface area contributed by atoms with Crippen LogP contribution in [-0.4, -0.2) is 113 Å². The molecule has 4 rings (SSSR count). The molecule has 0 radical (unpaired) electrons. The van der Waals surface area contributed by atoms with Crippen molar-refractivity contribution < 1.29 is 74.5 Å². The van der Waals surface area contributed by atoms with Crippen LogP contribution < -0.4 is 9.47 Å². The molecule has 9 N–H and O–H groups in total. The highest BCUT2D eigenvalue weighted by molar-refractivity contribution is 5.73. The minimum absolute atomic E-state index is 0.0282. The Hall–Kier alpha value is -3.70. The molecule has 45 heavy (non-hydrogen) atoms. The Morgan fingerprint density at radius 3 is 1.69 bits per heavy atom. The fourth-order valence-electron chi connectivity index (χ4n) is 5.20. The summed E-state index contributed by atoms with van der Waals surface area (Å²) in [4.78, 5) is 22.7. The predicted molar refractivity (Wildman–Crippen MR) is 150 cm³/mol. The van der Waals surface area contributed by atoms with E-state index in [4.69, 9.17) is 18.9 Å². The summed E-state index contributed by atoms with van der Waals surface area (Å²) < 4.78 is 21.5. The third-order valence-electron chi connectivity index (χ3n) is 8.14. The lowest BCUT2D eigenvalue weighted by Gasteiger charge is -2.38. The average molecular weight is 639 g/mol. The Kier molecular flexibility index (Phi) is 10.8. The smallest absolute Gasteiger partial charge is 0.335 e. The number of aliphatic hydroxyl groups is 5. The first-order chi connectivity index (χ1) is 21.2. The van der Waals surface area contributed by atoms with Crippen LogP contribution in [0.15, 0.2) is 36.4 Å². The van der Waals surface area contributed by atoms with Crippen LogP contribution in [0.1, 0.15) is 31.4 Å². The van der Waals surface area contributed by atoms with E-state index >= 15 is 0 Å². The van der Waals surface area contributed by atoms with Crippen molar-refractivity contribution in [2.75, 3.05) is 0 Å². The molecule has 11 atom stereocenters. The number of carboxylic acids is 2. The first-order valence-electron chi connectivity index (χ1n) is 14.3. The van der Waals surface area contributed by atoms with Gasteiger partial charge in [-0.15, -0.1) is 0 Å². The second-order valence-corrected chi connectivity index (χ2v) is 11.6. The standard InChI is InChI=1S/C30H38O15/c1-12(7-14-3-5-16(31)19(9-14)42-29-22(34)18(33)11-21(44-29)27(38)39)13(2)8-15-4-6-17(32)20(10-15)43-30-25(37)23(35)24(36)26(45-30)28(40)41/h3-6,9-10,12-13,18,21-26,29-37H,7-8,11H2,1-2H3,(H,38,39)(H,40,41). The molecule has 2 aromatic carbocycles. The fourth-order valence-corrected chi connectivity index (χ4v) is 5.20. The summed E-state index contributed by atoms with van der Waals surface area (Å²) in [7, 11) is 0. The van der Waals surface area contributed by atoms with Gasteiger partial charge in [0.1, 0.15) is 24.4 Å². The molecule has 2 aromatic rings. The average Bonchev–Trinajstić information content (AvgIpc) is 2.98. The third-order valence-corrected chi connectivity index (χ3v) is 8.14. The number of carboxylic acid groups (broad SMARTS) is 2. The van der Waals surface area contributed by atoms with E-state index in [9.17, 15) is 55.5 Å². The van der Waals surface area contributed by atoms with Crippen LogP contribution in [0.4, 0.5) is 0 Å². The molecule has 15 nitrogen and oxygen atoms in total. The first kappa shape index (κ1) is 34.2. The third kappa shape index (κ3) is 7.94. The van der Waals surface area contributed by atoms with Crippen molar-refractivity contribution in [3.05, 3.63) is 47.5 Å². The highest BCUT2D eigenvalue weighted by Crippen LogP contribution is 2.35. The molecule has 2 heterocycles. The highest BCUT2D eigenvalue weighted by Gasteiger charge is 2.48. The first-order valence-corrected chi connectivity index (χ1v) is 14.3. The number of aromatic hydroxyl groups is 2. The summed E-state index contributed by atoms with van der Waals surface area (Å²) in [6.07, 6.45) is -14.3. The molecule has 2 aliphatic rings. The predicted octanol–water partition coefficient (Wildman–Crippen LogP) is -0.274. The van der Waals surface area contributed by atoms with Gasteiger partial charge >= 0.3 is 11.9 Å². The second-order valence-electron chi connectivity index (χ2n) is 11.6. The zero-order valence-electron chi connectivity index (χ0n) is 24.4. The zero-order chi connectivity index (χ0) is 33.2. The van der Waals surface area contributed by atoms with E-state index in [1.54, 1.807) is 12.1 Å². The zero-order valence-corrected chi connectivity index (χ0v) is 24.4. The van der Waals surface area contributed by atoms with E-state index in [1.807, 2.05) is 13.8 Å². The summed E-state index contributed by atoms with van der Waals surface area (Å²) in [5.41, 5.74) is 1.46. The lowest BCUT2D eigenvalue weighted by molar-refractivity contribution is -0.271. The van der Waals surface area contributed by atoms with Gasteiger partial charge in [-0.3, -0.25) is 0 Å². The number of rotatable bonds is 11. The summed E-state index contributed by atoms with van der Waals surface area (Å²) in [5, 5.41) is 89.6. The summed E-state index contributed by atoms with van der Waals surface area (Å²) in [6, 6.07) is 9.10. The van der Waals surface area contributed by atoms with Crippen molar-refractivity contribution in [2.45, 2.75) is 88.4 Å². The van der Waals surface area contributed by atoms with Crippen molar-refractivity contribution in [2.24, 2.45) is 11.8 Å². The number of phenols is 2. The van der Waals surface area contributed by atoms with Crippen molar-refractivity contribution in [1.29, 1.82) is 0 Å². The van der Waals surface area contributed by atoms with Gasteiger partial charge in [0.15, 0.2) is 35.2 Å². The van der Waals surface area contributed by atoms with Crippen LogP contribution in [-0.2, 0) is 31.9 Å². The summed E-state index contributed by atoms with van der Waals surface area (Å²) in [6.45, 7) is 3.97. The van der Waals surface area contributed by atoms with Gasteiger partial charge in [-0.1, -0.05) is 26.0 Å². The van der Waals surface area contributed by atoms with Crippen LogP contribution >= 0.6 is 0 Å². The number of aliphatic hydroxyl groups excluding tert-OH is 5. The number of aliphatic carboxylic acids is 2. The van der Waals surface area contributed by atoms with E-state index in [2.05, 4.69) is 0 Å². The Labute approximate surface area is 257 Å². The van der Waals surface area contributed by atoms with Gasteiger partial charge in [-0.05, 0) is 60.1 Å². The molecule has 248 valence electrons. The maximum Gasteiger partial charge on any atom is 0.335 e. The normalized spacial score (nSPS) is 31.5. The Bertz CT molecular complexity index is 1350. The van der Waals surface area contributed by atoms with Gasteiger partial charge in [-0.2, -0.15) is 0 Å². The summed E-state index contributed by atoms with van der Waals surface area (Å²) >= 11 is 0. The minimum atomic E-state index is -1.89. The van der Waals surface area contributed by atoms with Crippen LogP contribution in [0.25, 0.3) is 0 Å². The maximum atomic E-state index is 11.4. The molecule has 2 fully saturated rings. The number of hydrogen-bond acceptors (Lipinski definition) is 13. The van der Waals surface area contributed by atoms with Gasteiger partial charge in [0.2, 0.25) is 12.6 Å². The van der Waals surface area contributed by atoms with Crippen molar-refractivity contribution in [3.63, 3.8) is 0 Å². The molecule has 0 aliphatic carbocycles. The molecule has 0 aromatic heterocycles. The Morgan fingerprint density at radius 1 is 0.733 bits per heavy atom. The van der Waals surface area contributed by atoms with Crippen LogP contribution in [0.2, 0.25) is 0 Å². The number of carbonyl (C=O) groups is 2. The number of hydrogen-bond donors (Lipinski definition) is 9. The molecule has 0 bridgehead atoms. The molecular weight excluding hydrogens is 600 g/mol. The number of benzene rings is 2. The minimum Gasteiger partial charge on any atom is -0.504 e. The van der Waals surface area contributed by atoms with Gasteiger partial charge < -0.3 is 64.9 Å². The van der Waals surface area contributed by atoms with Gasteiger partial charge in [0.05, 0.1) is 6.10 Å². The maximum absolute atomic E-state index is 11.4. The monoisotopic (exact) mass is 638 g/mol. The Morgan fingerprint density at radius 2 is 1.22 bits per heavy atom. The molecule has 15 heteroatoms. The van der Waals surface area contributed by atoms with E-state index < -0.39 is 67.2 Å². The van der Waals surface area contributed by atoms with Crippen LogP contribution in [0.5, 0.6) is 23.0 Å². The van der Waals surface area contributed by atoms with Crippen molar-refractivity contribution in [1.82, 2.24) is 0 Å². The molecule has 2 saturated heterocycles. The molecule has 0 saturated carbocycles. The van der Waals surface area contributed by atoms with Gasteiger partial charge in [0, 0.05) is 6.42 Å². The van der Waals surface area contributed by atoms with E-state index in [1.165, 1.54) is 24.3 Å². The Balaban J connectivity index is 1.41. The van der Waals surface area contributed by atoms with E-state index in [-0.39, 0.29) is 41.3 Å². The second kappa shape index (κ2) is 14.2. The molecule has 0 spiro atoms. The summed E-state index contributed by atoms with van der Waals surface area (Å²) in [5.74, 6) is -3.63. The molecule has 11 unspecified atom stereocenters. The number of phenolic OH excluding ortho intramolecular Hbond substituents is 2. The fraction of sp³-hybridized carbons (Fsp3) is 0.533. The van der Waals surface area contributed by atoms with Crippen molar-refractivity contribution in [3.8, 4) is 23.0 Å². The largest absolute Gasteiger partial charge is 0.504 e. The van der Waals surface area contributed by atoms with Crippen LogP contribution in [0, 0.1) is 11.8 Å². The van der Waals surface area contributed by atoms with Gasteiger partial charge in [-0.25, -0.2) is 9.59 Å². The van der Waals surface area contributed by atoms with Crippen molar-refractivity contribution >= 4 is 11.9 Å². The topological polar surface area (TPSA) is 253 Å².